The molecular formula is C64H70N6O12. The maximum atomic E-state index is 14.6. The molecule has 1 spiro atoms. The molecule has 10 rings (SSSR count). The molecule has 0 unspecified atom stereocenters. The first-order chi connectivity index (χ1) is 40.2. The lowest BCUT2D eigenvalue weighted by atomic mass is 9.81. The summed E-state index contributed by atoms with van der Waals surface area (Å²) in [4.78, 5) is 48.3. The standard InChI is InChI=1S/C64H70N6O12/c1-44(70(38-45-23-9-2-10-24-45)63(73)78-43-50-33-19-7-20-34-50)55-52(74-39-46-25-11-3-12-26-46)37-51(68-69-65)60(79-55)80-57-53(66-61(71)76-41-48-29-15-5-16-30-48)56(75-40-47-27-13-4-14-28-47)54(67-62(72)77-42-49-31-17-6-18-32-49)58-59(57)82-64(81-58)35-21-8-22-36-64/h2-7,9-20,23-34,44,51-60H,8,21-22,35-43H2,1H3,(H,66,71)(H,67,72)/t44-,51-,52+,53+,54-,55-,56+,57-,58+,59+,60-/m1/s1. The minimum absolute atomic E-state index is 0.0198. The van der Waals surface area contributed by atoms with E-state index in [0.29, 0.717) is 12.8 Å². The highest BCUT2D eigenvalue weighted by molar-refractivity contribution is 5.69. The van der Waals surface area contributed by atoms with Gasteiger partial charge >= 0.3 is 18.3 Å². The first-order valence-electron chi connectivity index (χ1n) is 28.2. The maximum Gasteiger partial charge on any atom is 0.410 e. The van der Waals surface area contributed by atoms with Crippen molar-refractivity contribution < 1.29 is 57.0 Å². The Kier molecular flexibility index (Phi) is 19.8. The second-order valence-electron chi connectivity index (χ2n) is 21.2. The fourth-order valence-corrected chi connectivity index (χ4v) is 11.3. The van der Waals surface area contributed by atoms with Gasteiger partial charge in [0.25, 0.3) is 0 Å². The number of hydrogen-bond acceptors (Lipinski definition) is 13. The molecule has 82 heavy (non-hydrogen) atoms. The monoisotopic (exact) mass is 1110 g/mol. The average molecular weight is 1120 g/mol. The normalized spacial score (nSPS) is 24.8. The Morgan fingerprint density at radius 1 is 0.585 bits per heavy atom. The Balaban J connectivity index is 1.03. The van der Waals surface area contributed by atoms with Crippen LogP contribution in [-0.2, 0) is 82.2 Å². The predicted molar refractivity (Wildman–Crippen MR) is 302 cm³/mol. The van der Waals surface area contributed by atoms with Crippen LogP contribution in [0.15, 0.2) is 187 Å². The van der Waals surface area contributed by atoms with Gasteiger partial charge in [-0.25, -0.2) is 14.4 Å². The smallest absolute Gasteiger partial charge is 0.410 e. The van der Waals surface area contributed by atoms with Crippen LogP contribution in [0.1, 0.15) is 78.8 Å². The van der Waals surface area contributed by atoms with Crippen LogP contribution >= 0.6 is 0 Å². The predicted octanol–water partition coefficient (Wildman–Crippen LogP) is 11.6. The first kappa shape index (κ1) is 57.4. The highest BCUT2D eigenvalue weighted by Gasteiger charge is 2.63. The fourth-order valence-electron chi connectivity index (χ4n) is 11.3. The summed E-state index contributed by atoms with van der Waals surface area (Å²) in [6.07, 6.45) is -5.78. The molecule has 2 N–H and O–H groups in total. The molecule has 0 radical (unpaired) electrons. The quantitative estimate of drug-likeness (QED) is 0.0298. The molecule has 2 heterocycles. The van der Waals surface area contributed by atoms with Crippen LogP contribution in [0.5, 0.6) is 0 Å². The van der Waals surface area contributed by atoms with Gasteiger partial charge in [-0.15, -0.1) is 0 Å². The molecule has 18 nitrogen and oxygen atoms in total. The molecule has 2 saturated heterocycles. The molecular weight excluding hydrogens is 1040 g/mol. The second-order valence-corrected chi connectivity index (χ2v) is 21.2. The number of ether oxygens (including phenoxy) is 9. The Labute approximate surface area is 477 Å². The third-order valence-corrected chi connectivity index (χ3v) is 15.5. The van der Waals surface area contributed by atoms with E-state index < -0.39 is 91.1 Å². The molecule has 4 fully saturated rings. The Bertz CT molecular complexity index is 3000. The molecule has 428 valence electrons. The number of rotatable bonds is 21. The summed E-state index contributed by atoms with van der Waals surface area (Å²) in [6, 6.07) is 52.8. The summed E-state index contributed by atoms with van der Waals surface area (Å²) in [5, 5.41) is 10.5. The number of carbonyl (C=O) groups excluding carboxylic acids is 3. The summed E-state index contributed by atoms with van der Waals surface area (Å²) in [5.74, 6) is -1.10. The van der Waals surface area contributed by atoms with E-state index in [1.807, 2.05) is 189 Å². The van der Waals surface area contributed by atoms with Crippen LogP contribution in [0.4, 0.5) is 14.4 Å². The highest BCUT2D eigenvalue weighted by atomic mass is 16.8. The molecule has 2 aliphatic heterocycles. The molecule has 4 aliphatic rings. The van der Waals surface area contributed by atoms with Gasteiger partial charge in [0.2, 0.25) is 0 Å². The van der Waals surface area contributed by atoms with Gasteiger partial charge in [-0.3, -0.25) is 4.90 Å². The fraction of sp³-hybridized carbons (Fsp3) is 0.391. The number of amides is 3. The van der Waals surface area contributed by atoms with Gasteiger partial charge in [0, 0.05) is 24.3 Å². The zero-order chi connectivity index (χ0) is 56.5. The minimum atomic E-state index is -1.37. The Morgan fingerprint density at radius 3 is 1.55 bits per heavy atom. The topological polar surface area (TPSA) is 210 Å². The minimum Gasteiger partial charge on any atom is -0.445 e. The van der Waals surface area contributed by atoms with Gasteiger partial charge in [0.15, 0.2) is 12.1 Å². The Morgan fingerprint density at radius 2 is 1.04 bits per heavy atom. The van der Waals surface area contributed by atoms with Crippen molar-refractivity contribution in [2.45, 2.75) is 158 Å². The van der Waals surface area contributed by atoms with Gasteiger partial charge in [0.05, 0.1) is 43.5 Å². The van der Waals surface area contributed by atoms with Crippen LogP contribution < -0.4 is 10.6 Å². The van der Waals surface area contributed by atoms with Crippen molar-refractivity contribution in [3.05, 3.63) is 226 Å². The van der Waals surface area contributed by atoms with Crippen molar-refractivity contribution in [1.29, 1.82) is 0 Å². The molecule has 18 heteroatoms. The maximum absolute atomic E-state index is 14.6. The molecule has 6 aromatic rings. The van der Waals surface area contributed by atoms with E-state index in [4.69, 9.17) is 42.6 Å². The van der Waals surface area contributed by atoms with E-state index in [9.17, 15) is 19.9 Å². The summed E-state index contributed by atoms with van der Waals surface area (Å²) >= 11 is 0. The lowest BCUT2D eigenvalue weighted by Gasteiger charge is -2.50. The Hall–Kier alpha value is -7.80. The number of azide groups is 1. The van der Waals surface area contributed by atoms with Crippen molar-refractivity contribution >= 4 is 18.3 Å². The summed E-state index contributed by atoms with van der Waals surface area (Å²) in [7, 11) is 0. The molecule has 11 atom stereocenters. The SMILES string of the molecule is C[C@H]([C@H]1O[C@H](O[C@@H]2[C@@H](NC(=O)OCc3ccccc3)[C@H](OCc3ccccc3)[C@@H](NC(=O)OCc3ccccc3)[C@@H]3OC4(CCCCC4)O[C@@H]23)[C@H](N=[N+]=[N-])C[C@@H]1OCc1ccccc1)N(Cc1ccccc1)C(=O)OCc1ccccc1. The van der Waals surface area contributed by atoms with Crippen LogP contribution in [0, 0.1) is 0 Å². The number of benzene rings is 6. The third kappa shape index (κ3) is 15.0. The van der Waals surface area contributed by atoms with Gasteiger partial charge in [0.1, 0.15) is 50.3 Å². The van der Waals surface area contributed by atoms with Gasteiger partial charge in [-0.1, -0.05) is 194 Å². The van der Waals surface area contributed by atoms with E-state index in [1.54, 1.807) is 4.90 Å². The van der Waals surface area contributed by atoms with E-state index in [1.165, 1.54) is 0 Å². The molecule has 2 aliphatic carbocycles. The van der Waals surface area contributed by atoms with Crippen LogP contribution in [0.3, 0.4) is 0 Å². The number of alkyl carbamates (subject to hydrolysis) is 2. The number of nitrogens with one attached hydrogen (secondary N) is 2. The van der Waals surface area contributed by atoms with Crippen molar-refractivity contribution in [2.24, 2.45) is 5.11 Å². The number of carbonyl (C=O) groups is 3. The van der Waals surface area contributed by atoms with Crippen LogP contribution in [-0.4, -0.2) is 96.0 Å². The van der Waals surface area contributed by atoms with E-state index in [-0.39, 0.29) is 46.0 Å². The zero-order valence-corrected chi connectivity index (χ0v) is 45.8. The van der Waals surface area contributed by atoms with Crippen molar-refractivity contribution in [1.82, 2.24) is 15.5 Å². The zero-order valence-electron chi connectivity index (χ0n) is 45.8. The number of fused-ring (bicyclic) bond motifs is 1. The van der Waals surface area contributed by atoms with Crippen molar-refractivity contribution in [3.8, 4) is 0 Å². The number of hydrogen-bond donors (Lipinski definition) is 2. The van der Waals surface area contributed by atoms with Crippen molar-refractivity contribution in [3.63, 3.8) is 0 Å². The van der Waals surface area contributed by atoms with Crippen LogP contribution in [0.25, 0.3) is 10.4 Å². The van der Waals surface area contributed by atoms with Gasteiger partial charge in [-0.2, -0.15) is 0 Å². The van der Waals surface area contributed by atoms with E-state index >= 15 is 0 Å². The molecule has 0 bridgehead atoms. The van der Waals surface area contributed by atoms with Gasteiger partial charge in [-0.05, 0) is 65.1 Å². The number of nitrogens with zero attached hydrogens (tertiary/aromatic N) is 4. The first-order valence-corrected chi connectivity index (χ1v) is 28.2. The second kappa shape index (κ2) is 28.3. The summed E-state index contributed by atoms with van der Waals surface area (Å²) in [6.45, 7) is 2.15. The van der Waals surface area contributed by atoms with E-state index in [0.717, 1.165) is 52.6 Å². The van der Waals surface area contributed by atoms with Crippen molar-refractivity contribution in [2.75, 3.05) is 0 Å². The molecule has 3 amide bonds. The largest absolute Gasteiger partial charge is 0.445 e. The van der Waals surface area contributed by atoms with E-state index in [2.05, 4.69) is 20.7 Å². The van der Waals surface area contributed by atoms with Gasteiger partial charge < -0.3 is 53.3 Å². The highest BCUT2D eigenvalue weighted by Crippen LogP contribution is 2.47. The molecule has 6 aromatic carbocycles. The average Bonchev–Trinajstić information content (AvgIpc) is 2.92. The lowest BCUT2D eigenvalue weighted by Crippen LogP contribution is -2.73. The molecule has 0 aromatic heterocycles. The summed E-state index contributed by atoms with van der Waals surface area (Å²) < 4.78 is 60.4. The molecule has 2 saturated carbocycles. The third-order valence-electron chi connectivity index (χ3n) is 15.5. The summed E-state index contributed by atoms with van der Waals surface area (Å²) in [5.41, 5.74) is 15.2. The lowest BCUT2D eigenvalue weighted by molar-refractivity contribution is -0.287. The van der Waals surface area contributed by atoms with Crippen LogP contribution in [0.2, 0.25) is 0 Å².